The lowest BCUT2D eigenvalue weighted by atomic mass is 10.1. The topological polar surface area (TPSA) is 73.2 Å². The van der Waals surface area contributed by atoms with E-state index in [-0.39, 0.29) is 5.02 Å². The second kappa shape index (κ2) is 6.81. The molecule has 22 heavy (non-hydrogen) atoms. The Hall–Kier alpha value is -2.05. The van der Waals surface area contributed by atoms with Crippen LogP contribution in [0.2, 0.25) is 10.0 Å². The lowest BCUT2D eigenvalue weighted by molar-refractivity contribution is -0.143. The summed E-state index contributed by atoms with van der Waals surface area (Å²) < 4.78 is 6.13. The molecule has 1 aromatic heterocycles. The molecule has 6 nitrogen and oxygen atoms in total. The Labute approximate surface area is 137 Å². The van der Waals surface area contributed by atoms with E-state index in [1.807, 2.05) is 0 Å². The number of nitrogens with one attached hydrogen (secondary N) is 1. The molecule has 0 aliphatic heterocycles. The molecule has 0 aliphatic carbocycles. The van der Waals surface area contributed by atoms with Gasteiger partial charge in [-0.25, -0.2) is 4.79 Å². The molecule has 0 fully saturated rings. The van der Waals surface area contributed by atoms with Crippen molar-refractivity contribution in [2.75, 3.05) is 7.11 Å². The van der Waals surface area contributed by atoms with Gasteiger partial charge in [0.25, 0.3) is 5.91 Å². The van der Waals surface area contributed by atoms with Crippen LogP contribution in [-0.4, -0.2) is 28.8 Å². The molecule has 0 saturated carbocycles. The number of nitrogens with zero attached hydrogens (tertiary/aromatic N) is 2. The van der Waals surface area contributed by atoms with Crippen LogP contribution in [0.4, 0.5) is 0 Å². The van der Waals surface area contributed by atoms with E-state index >= 15 is 0 Å². The predicted molar refractivity (Wildman–Crippen MR) is 81.9 cm³/mol. The van der Waals surface area contributed by atoms with Crippen LogP contribution in [0.5, 0.6) is 0 Å². The summed E-state index contributed by atoms with van der Waals surface area (Å²) in [6, 6.07) is 5.12. The van der Waals surface area contributed by atoms with Gasteiger partial charge in [-0.05, 0) is 18.2 Å². The number of carbonyl (C=O) groups excluding carboxylic acids is 2. The number of rotatable bonds is 4. The molecule has 0 aliphatic rings. The molecule has 8 heteroatoms. The van der Waals surface area contributed by atoms with Crippen molar-refractivity contribution >= 4 is 35.1 Å². The van der Waals surface area contributed by atoms with Crippen molar-refractivity contribution < 1.29 is 14.3 Å². The van der Waals surface area contributed by atoms with Crippen LogP contribution in [0.15, 0.2) is 30.5 Å². The molecule has 0 saturated heterocycles. The molecule has 0 unspecified atom stereocenters. The van der Waals surface area contributed by atoms with Gasteiger partial charge in [0.15, 0.2) is 6.04 Å². The van der Waals surface area contributed by atoms with Crippen LogP contribution < -0.4 is 5.32 Å². The Morgan fingerprint density at radius 3 is 2.59 bits per heavy atom. The van der Waals surface area contributed by atoms with E-state index in [9.17, 15) is 9.59 Å². The number of halogens is 2. The zero-order chi connectivity index (χ0) is 16.3. The van der Waals surface area contributed by atoms with Gasteiger partial charge in [-0.3, -0.25) is 9.48 Å². The largest absolute Gasteiger partial charge is 0.467 e. The Morgan fingerprint density at radius 2 is 2.05 bits per heavy atom. The molecule has 1 aromatic carbocycles. The fourth-order valence-corrected chi connectivity index (χ4v) is 2.44. The quantitative estimate of drug-likeness (QED) is 0.866. The first-order valence-electron chi connectivity index (χ1n) is 6.25. The minimum atomic E-state index is -1.04. The number of aryl methyl sites for hydroxylation is 1. The van der Waals surface area contributed by atoms with Crippen molar-refractivity contribution in [1.82, 2.24) is 15.1 Å². The van der Waals surface area contributed by atoms with Gasteiger partial charge in [-0.2, -0.15) is 5.10 Å². The highest BCUT2D eigenvalue weighted by Gasteiger charge is 2.27. The van der Waals surface area contributed by atoms with E-state index in [0.29, 0.717) is 16.3 Å². The van der Waals surface area contributed by atoms with E-state index in [1.54, 1.807) is 19.2 Å². The summed E-state index contributed by atoms with van der Waals surface area (Å²) >= 11 is 11.9. The lowest BCUT2D eigenvalue weighted by Gasteiger charge is -2.18. The molecule has 2 aromatic rings. The average molecular weight is 342 g/mol. The fourth-order valence-electron chi connectivity index (χ4n) is 1.92. The first kappa shape index (κ1) is 16.3. The normalized spacial score (nSPS) is 11.8. The summed E-state index contributed by atoms with van der Waals surface area (Å²) in [5, 5.41) is 7.18. The molecular weight excluding hydrogens is 329 g/mol. The molecule has 2 rings (SSSR count). The number of esters is 1. The second-order valence-electron chi connectivity index (χ2n) is 4.44. The summed E-state index contributed by atoms with van der Waals surface area (Å²) in [5.74, 6) is -1.11. The first-order chi connectivity index (χ1) is 10.4. The third-order valence-electron chi connectivity index (χ3n) is 3.04. The zero-order valence-electron chi connectivity index (χ0n) is 11.8. The van der Waals surface area contributed by atoms with Gasteiger partial charge in [0.2, 0.25) is 0 Å². The van der Waals surface area contributed by atoms with Crippen molar-refractivity contribution in [3.05, 3.63) is 51.8 Å². The number of hydrogen-bond acceptors (Lipinski definition) is 4. The Morgan fingerprint density at radius 1 is 1.32 bits per heavy atom. The molecule has 0 spiro atoms. The fraction of sp³-hybridized carbons (Fsp3) is 0.214. The number of hydrogen-bond donors (Lipinski definition) is 1. The molecule has 116 valence electrons. The van der Waals surface area contributed by atoms with Crippen LogP contribution in [0.3, 0.4) is 0 Å². The SMILES string of the molecule is COC(=O)[C@@H](NC(=O)c1ccnn1C)c1ccc(Cl)cc1Cl. The molecule has 0 radical (unpaired) electrons. The van der Waals surface area contributed by atoms with Crippen molar-refractivity contribution in [3.8, 4) is 0 Å². The van der Waals surface area contributed by atoms with Crippen molar-refractivity contribution in [2.45, 2.75) is 6.04 Å². The van der Waals surface area contributed by atoms with Crippen LogP contribution >= 0.6 is 23.2 Å². The van der Waals surface area contributed by atoms with Crippen molar-refractivity contribution in [3.63, 3.8) is 0 Å². The predicted octanol–water partition coefficient (Wildman–Crippen LogP) is 2.37. The van der Waals surface area contributed by atoms with Crippen molar-refractivity contribution in [2.24, 2.45) is 7.05 Å². The summed E-state index contributed by atoms with van der Waals surface area (Å²) in [6.45, 7) is 0. The number of amides is 1. The number of methoxy groups -OCH3 is 1. The highest BCUT2D eigenvalue weighted by molar-refractivity contribution is 6.35. The summed E-state index contributed by atoms with van der Waals surface area (Å²) in [5.41, 5.74) is 0.701. The molecule has 1 amide bonds. The van der Waals surface area contributed by atoms with Crippen LogP contribution in [0.25, 0.3) is 0 Å². The first-order valence-corrected chi connectivity index (χ1v) is 7.01. The van der Waals surface area contributed by atoms with Crippen LogP contribution in [0, 0.1) is 0 Å². The lowest BCUT2D eigenvalue weighted by Crippen LogP contribution is -2.35. The summed E-state index contributed by atoms with van der Waals surface area (Å²) in [7, 11) is 2.85. The van der Waals surface area contributed by atoms with Gasteiger partial charge in [-0.1, -0.05) is 29.3 Å². The minimum absolute atomic E-state index is 0.258. The average Bonchev–Trinajstić information content (AvgIpc) is 2.90. The monoisotopic (exact) mass is 341 g/mol. The maximum absolute atomic E-state index is 12.3. The van der Waals surface area contributed by atoms with Crippen LogP contribution in [-0.2, 0) is 16.6 Å². The third-order valence-corrected chi connectivity index (χ3v) is 3.60. The Balaban J connectivity index is 2.33. The maximum Gasteiger partial charge on any atom is 0.333 e. The maximum atomic E-state index is 12.3. The van der Waals surface area contributed by atoms with E-state index in [2.05, 4.69) is 10.4 Å². The summed E-state index contributed by atoms with van der Waals surface area (Å²) in [4.78, 5) is 24.2. The number of aromatic nitrogens is 2. The van der Waals surface area contributed by atoms with E-state index in [0.717, 1.165) is 0 Å². The molecular formula is C14H13Cl2N3O3. The molecule has 1 heterocycles. The smallest absolute Gasteiger partial charge is 0.333 e. The Bertz CT molecular complexity index is 715. The van der Waals surface area contributed by atoms with E-state index < -0.39 is 17.9 Å². The van der Waals surface area contributed by atoms with Crippen LogP contribution in [0.1, 0.15) is 22.1 Å². The standard InChI is InChI=1S/C14H13Cl2N3O3/c1-19-11(5-6-17-19)13(20)18-12(14(21)22-2)9-4-3-8(15)7-10(9)16/h3-7,12H,1-2H3,(H,18,20)/t12-/m0/s1. The van der Waals surface area contributed by atoms with Gasteiger partial charge in [-0.15, -0.1) is 0 Å². The van der Waals surface area contributed by atoms with Gasteiger partial charge in [0.05, 0.1) is 7.11 Å². The second-order valence-corrected chi connectivity index (χ2v) is 5.28. The number of ether oxygens (including phenoxy) is 1. The number of benzene rings is 1. The molecule has 0 bridgehead atoms. The number of carbonyl (C=O) groups is 2. The molecule has 1 atom stereocenters. The van der Waals surface area contributed by atoms with E-state index in [1.165, 1.54) is 30.1 Å². The highest BCUT2D eigenvalue weighted by atomic mass is 35.5. The minimum Gasteiger partial charge on any atom is -0.467 e. The zero-order valence-corrected chi connectivity index (χ0v) is 13.4. The summed E-state index contributed by atoms with van der Waals surface area (Å²) in [6.07, 6.45) is 1.48. The van der Waals surface area contributed by atoms with Gasteiger partial charge < -0.3 is 10.1 Å². The third kappa shape index (κ3) is 3.40. The Kier molecular flexibility index (Phi) is 5.05. The van der Waals surface area contributed by atoms with Gasteiger partial charge in [0, 0.05) is 28.9 Å². The van der Waals surface area contributed by atoms with Gasteiger partial charge in [0.1, 0.15) is 5.69 Å². The van der Waals surface area contributed by atoms with Gasteiger partial charge >= 0.3 is 5.97 Å². The molecule has 1 N–H and O–H groups in total. The highest BCUT2D eigenvalue weighted by Crippen LogP contribution is 2.27. The van der Waals surface area contributed by atoms with Crippen molar-refractivity contribution in [1.29, 1.82) is 0 Å². The van der Waals surface area contributed by atoms with E-state index in [4.69, 9.17) is 27.9 Å².